The topological polar surface area (TPSA) is 71.5 Å². The number of benzene rings is 2. The molecule has 2 N–H and O–H groups in total. The third-order valence-corrected chi connectivity index (χ3v) is 5.21. The molecule has 3 aromatic rings. The molecule has 0 unspecified atom stereocenters. The summed E-state index contributed by atoms with van der Waals surface area (Å²) in [7, 11) is 1.53. The molecule has 1 heterocycles. The highest BCUT2D eigenvalue weighted by Crippen LogP contribution is 2.35. The zero-order chi connectivity index (χ0) is 19.4. The van der Waals surface area contributed by atoms with Crippen LogP contribution < -0.4 is 10.1 Å². The fraction of sp³-hybridized carbons (Fsp3) is 0.158. The van der Waals surface area contributed by atoms with E-state index in [2.05, 4.69) is 9.69 Å². The van der Waals surface area contributed by atoms with Crippen LogP contribution in [0.1, 0.15) is 11.1 Å². The van der Waals surface area contributed by atoms with Gasteiger partial charge in [0.25, 0.3) is 5.91 Å². The zero-order valence-corrected chi connectivity index (χ0v) is 16.7. The summed E-state index contributed by atoms with van der Waals surface area (Å²) in [4.78, 5) is 11.3. The summed E-state index contributed by atoms with van der Waals surface area (Å²) in [5, 5.41) is 15.4. The molecule has 0 aliphatic rings. The van der Waals surface area contributed by atoms with E-state index in [1.165, 1.54) is 18.6 Å². The zero-order valence-electron chi connectivity index (χ0n) is 14.3. The lowest BCUT2D eigenvalue weighted by atomic mass is 10.00. The Morgan fingerprint density at radius 3 is 2.63 bits per heavy atom. The number of halogens is 2. The first-order chi connectivity index (χ1) is 13.0. The van der Waals surface area contributed by atoms with Crippen molar-refractivity contribution in [2.75, 3.05) is 13.7 Å². The number of nitrogens with zero attached hydrogens (tertiary/aromatic N) is 1. The van der Waals surface area contributed by atoms with Crippen molar-refractivity contribution in [2.45, 2.75) is 6.42 Å². The van der Waals surface area contributed by atoms with Gasteiger partial charge < -0.3 is 15.2 Å². The van der Waals surface area contributed by atoms with Crippen molar-refractivity contribution in [3.63, 3.8) is 0 Å². The number of hydrogen-bond acceptors (Lipinski definition) is 5. The molecule has 0 radical (unpaired) electrons. The minimum absolute atomic E-state index is 0.113. The Kier molecular flexibility index (Phi) is 6.21. The summed E-state index contributed by atoms with van der Waals surface area (Å²) in [5.41, 5.74) is 3.25. The van der Waals surface area contributed by atoms with Gasteiger partial charge in [-0.3, -0.25) is 4.79 Å². The average molecular weight is 423 g/mol. The van der Waals surface area contributed by atoms with Gasteiger partial charge in [-0.2, -0.15) is 0 Å². The molecule has 0 saturated carbocycles. The van der Waals surface area contributed by atoms with E-state index in [0.29, 0.717) is 27.8 Å². The Balaban J connectivity index is 1.83. The molecule has 0 spiro atoms. The van der Waals surface area contributed by atoms with Crippen LogP contribution >= 0.6 is 34.7 Å². The third-order valence-electron chi connectivity index (χ3n) is 3.95. The van der Waals surface area contributed by atoms with Gasteiger partial charge in [-0.15, -0.1) is 0 Å². The molecule has 5 nitrogen and oxygen atoms in total. The number of likely N-dealkylation sites (N-methyl/N-ethyl adjacent to an activating group) is 1. The molecular formula is C19H16Cl2N2O3S. The van der Waals surface area contributed by atoms with Gasteiger partial charge in [-0.1, -0.05) is 29.3 Å². The van der Waals surface area contributed by atoms with Crippen LogP contribution in [0, 0.1) is 0 Å². The summed E-state index contributed by atoms with van der Waals surface area (Å²) in [6.07, 6.45) is 2.19. The highest BCUT2D eigenvalue weighted by atomic mass is 35.5. The van der Waals surface area contributed by atoms with Gasteiger partial charge in [0.15, 0.2) is 6.61 Å². The number of phenolic OH excluding ortho intramolecular Hbond substituents is 1. The lowest BCUT2D eigenvalue weighted by Gasteiger charge is -2.12. The smallest absolute Gasteiger partial charge is 0.257 e. The van der Waals surface area contributed by atoms with Crippen LogP contribution in [0.4, 0.5) is 0 Å². The number of phenols is 1. The molecule has 1 aromatic heterocycles. The fourth-order valence-electron chi connectivity index (χ4n) is 2.52. The van der Waals surface area contributed by atoms with Gasteiger partial charge >= 0.3 is 0 Å². The van der Waals surface area contributed by atoms with Crippen LogP contribution in [0.2, 0.25) is 10.0 Å². The normalized spacial score (nSPS) is 10.6. The molecule has 0 aliphatic carbocycles. The monoisotopic (exact) mass is 422 g/mol. The van der Waals surface area contributed by atoms with Crippen molar-refractivity contribution in [1.82, 2.24) is 9.69 Å². The Hall–Kier alpha value is -2.28. The van der Waals surface area contributed by atoms with E-state index in [1.807, 2.05) is 17.5 Å². The molecule has 0 atom stereocenters. The fourth-order valence-corrected chi connectivity index (χ4v) is 3.66. The summed E-state index contributed by atoms with van der Waals surface area (Å²) in [5.74, 6) is 0.369. The van der Waals surface area contributed by atoms with Crippen LogP contribution in [0.15, 0.2) is 41.9 Å². The molecule has 2 aromatic carbocycles. The van der Waals surface area contributed by atoms with Gasteiger partial charge in [-0.25, -0.2) is 4.37 Å². The number of carbonyl (C=O) groups is 1. The van der Waals surface area contributed by atoms with Crippen molar-refractivity contribution in [1.29, 1.82) is 0 Å². The van der Waals surface area contributed by atoms with Crippen molar-refractivity contribution in [2.24, 2.45) is 0 Å². The summed E-state index contributed by atoms with van der Waals surface area (Å²) < 4.78 is 9.46. The van der Waals surface area contributed by atoms with Crippen molar-refractivity contribution >= 4 is 40.6 Å². The second-order valence-corrected chi connectivity index (χ2v) is 7.24. The quantitative estimate of drug-likeness (QED) is 0.611. The summed E-state index contributed by atoms with van der Waals surface area (Å²) in [6.45, 7) is -0.113. The minimum atomic E-state index is -0.245. The van der Waals surface area contributed by atoms with Crippen LogP contribution in [-0.4, -0.2) is 29.0 Å². The first-order valence-electron chi connectivity index (χ1n) is 8.01. The summed E-state index contributed by atoms with van der Waals surface area (Å²) in [6, 6.07) is 8.62. The van der Waals surface area contributed by atoms with E-state index >= 15 is 0 Å². The van der Waals surface area contributed by atoms with Crippen LogP contribution in [0.25, 0.3) is 11.1 Å². The van der Waals surface area contributed by atoms with Gasteiger partial charge in [0.2, 0.25) is 0 Å². The van der Waals surface area contributed by atoms with Crippen molar-refractivity contribution < 1.29 is 14.6 Å². The van der Waals surface area contributed by atoms with Crippen LogP contribution in [0.3, 0.4) is 0 Å². The second kappa shape index (κ2) is 8.61. The Morgan fingerprint density at radius 2 is 2.00 bits per heavy atom. The predicted octanol–water partition coefficient (Wildman–Crippen LogP) is 4.54. The lowest BCUT2D eigenvalue weighted by molar-refractivity contribution is -0.122. The van der Waals surface area contributed by atoms with Crippen molar-refractivity contribution in [3.05, 3.63) is 63.1 Å². The van der Waals surface area contributed by atoms with E-state index in [-0.39, 0.29) is 18.3 Å². The largest absolute Gasteiger partial charge is 0.507 e. The standard InChI is InChI=1S/C19H16Cl2N2O3S/c1-22-19(25)9-26-13-6-16(20)15(17(21)7-13)5-11-2-3-18(24)14(4-11)12-8-23-27-10-12/h2-4,6-8,10,24H,5,9H2,1H3,(H,22,25). The maximum Gasteiger partial charge on any atom is 0.257 e. The molecule has 27 heavy (non-hydrogen) atoms. The summed E-state index contributed by atoms with van der Waals surface area (Å²) >= 11 is 14.1. The van der Waals surface area contributed by atoms with E-state index in [0.717, 1.165) is 16.7 Å². The number of aromatic hydroxyl groups is 1. The number of nitrogens with one attached hydrogen (secondary N) is 1. The molecular weight excluding hydrogens is 407 g/mol. The lowest BCUT2D eigenvalue weighted by Crippen LogP contribution is -2.24. The molecule has 3 rings (SSSR count). The van der Waals surface area contributed by atoms with E-state index < -0.39 is 0 Å². The average Bonchev–Trinajstić information content (AvgIpc) is 3.18. The third kappa shape index (κ3) is 4.71. The number of carbonyl (C=O) groups excluding carboxylic acids is 1. The Bertz CT molecular complexity index is 939. The van der Waals surface area contributed by atoms with Crippen LogP contribution in [-0.2, 0) is 11.2 Å². The Morgan fingerprint density at radius 1 is 1.26 bits per heavy atom. The number of aromatic nitrogens is 1. The van der Waals surface area contributed by atoms with E-state index in [4.69, 9.17) is 27.9 Å². The molecule has 0 aliphatic heterocycles. The maximum atomic E-state index is 11.3. The van der Waals surface area contributed by atoms with Gasteiger partial charge in [0.05, 0.1) is 0 Å². The first kappa shape index (κ1) is 19.5. The van der Waals surface area contributed by atoms with Gasteiger partial charge in [-0.05, 0) is 46.9 Å². The first-order valence-corrected chi connectivity index (χ1v) is 9.60. The molecule has 1 amide bonds. The molecule has 0 saturated heterocycles. The van der Waals surface area contributed by atoms with Crippen molar-refractivity contribution in [3.8, 4) is 22.6 Å². The minimum Gasteiger partial charge on any atom is -0.507 e. The SMILES string of the molecule is CNC(=O)COc1cc(Cl)c(Cc2ccc(O)c(-c3cnsc3)c2)c(Cl)c1. The molecule has 0 bridgehead atoms. The molecule has 8 heteroatoms. The van der Waals surface area contributed by atoms with E-state index in [1.54, 1.807) is 24.4 Å². The number of hydrogen-bond donors (Lipinski definition) is 2. The molecule has 0 fully saturated rings. The predicted molar refractivity (Wildman–Crippen MR) is 108 cm³/mol. The number of amides is 1. The molecule has 140 valence electrons. The highest BCUT2D eigenvalue weighted by molar-refractivity contribution is 7.03. The van der Waals surface area contributed by atoms with Crippen LogP contribution in [0.5, 0.6) is 11.5 Å². The Labute approximate surface area is 170 Å². The second-order valence-electron chi connectivity index (χ2n) is 5.77. The number of ether oxygens (including phenoxy) is 1. The van der Waals surface area contributed by atoms with Gasteiger partial charge in [0, 0.05) is 46.2 Å². The maximum absolute atomic E-state index is 11.3. The van der Waals surface area contributed by atoms with Gasteiger partial charge in [0.1, 0.15) is 11.5 Å². The number of rotatable bonds is 6. The van der Waals surface area contributed by atoms with E-state index in [9.17, 15) is 9.90 Å². The highest BCUT2D eigenvalue weighted by Gasteiger charge is 2.13.